The number of carbonyl (C=O) groups excluding carboxylic acids is 2. The second kappa shape index (κ2) is 6.02. The van der Waals surface area contributed by atoms with Crippen molar-refractivity contribution in [3.05, 3.63) is 34.9 Å². The summed E-state index contributed by atoms with van der Waals surface area (Å²) in [6.45, 7) is 2.30. The van der Waals surface area contributed by atoms with Gasteiger partial charge in [0.1, 0.15) is 0 Å². The average molecular weight is 221 g/mol. The summed E-state index contributed by atoms with van der Waals surface area (Å²) in [5, 5.41) is 11.2. The Morgan fingerprint density at radius 3 is 2.88 bits per heavy atom. The molecule has 86 valence electrons. The first-order valence-electron chi connectivity index (χ1n) is 5.14. The predicted octanol–water partition coefficient (Wildman–Crippen LogP) is 0.920. The van der Waals surface area contributed by atoms with Gasteiger partial charge in [-0.05, 0) is 25.5 Å². The van der Waals surface area contributed by atoms with Gasteiger partial charge in [0.2, 0.25) is 0 Å². The fraction of sp³-hybridized carbons (Fsp3) is 0.333. The van der Waals surface area contributed by atoms with Crippen molar-refractivity contribution in [1.29, 1.82) is 0 Å². The molecule has 0 radical (unpaired) electrons. The summed E-state index contributed by atoms with van der Waals surface area (Å²) >= 11 is 0. The highest BCUT2D eigenvalue weighted by molar-refractivity contribution is 6.01. The summed E-state index contributed by atoms with van der Waals surface area (Å²) in [7, 11) is 0. The minimum atomic E-state index is -0.282. The van der Waals surface area contributed by atoms with Crippen LogP contribution in [0.5, 0.6) is 0 Å². The smallest absolute Gasteiger partial charge is 0.252 e. The number of nitrogens with one attached hydrogen (secondary N) is 1. The first-order chi connectivity index (χ1) is 7.69. The van der Waals surface area contributed by atoms with Crippen molar-refractivity contribution in [2.24, 2.45) is 0 Å². The Kier molecular flexibility index (Phi) is 4.66. The number of amides is 1. The Bertz CT molecular complexity index is 388. The Morgan fingerprint density at radius 2 is 2.25 bits per heavy atom. The van der Waals surface area contributed by atoms with Gasteiger partial charge >= 0.3 is 0 Å². The Hall–Kier alpha value is -1.68. The predicted molar refractivity (Wildman–Crippen MR) is 60.6 cm³/mol. The maximum Gasteiger partial charge on any atom is 0.252 e. The molecule has 0 atom stereocenters. The van der Waals surface area contributed by atoms with Crippen LogP contribution in [0, 0.1) is 6.92 Å². The van der Waals surface area contributed by atoms with Crippen LogP contribution in [0.1, 0.15) is 32.7 Å². The zero-order valence-electron chi connectivity index (χ0n) is 9.19. The van der Waals surface area contributed by atoms with Crippen LogP contribution in [0.3, 0.4) is 0 Å². The summed E-state index contributed by atoms with van der Waals surface area (Å²) in [6.07, 6.45) is 1.18. The van der Waals surface area contributed by atoms with E-state index in [4.69, 9.17) is 5.11 Å². The molecule has 0 heterocycles. The molecule has 0 aliphatic rings. The molecule has 1 amide bonds. The van der Waals surface area contributed by atoms with E-state index in [1.807, 2.05) is 6.92 Å². The summed E-state index contributed by atoms with van der Waals surface area (Å²) in [5.41, 5.74) is 1.70. The minimum Gasteiger partial charge on any atom is -0.396 e. The van der Waals surface area contributed by atoms with Crippen LogP contribution >= 0.6 is 0 Å². The van der Waals surface area contributed by atoms with Crippen LogP contribution < -0.4 is 5.32 Å². The number of rotatable bonds is 5. The summed E-state index contributed by atoms with van der Waals surface area (Å²) in [4.78, 5) is 22.5. The van der Waals surface area contributed by atoms with Gasteiger partial charge in [0.15, 0.2) is 6.29 Å². The molecule has 4 heteroatoms. The van der Waals surface area contributed by atoms with Crippen molar-refractivity contribution < 1.29 is 14.7 Å². The lowest BCUT2D eigenvalue weighted by molar-refractivity contribution is 0.0945. The Morgan fingerprint density at radius 1 is 1.50 bits per heavy atom. The molecular weight excluding hydrogens is 206 g/mol. The Balaban J connectivity index is 2.78. The number of carbonyl (C=O) groups is 2. The number of aliphatic hydroxyl groups excluding tert-OH is 1. The standard InChI is InChI=1S/C12H15NO3/c1-9-3-4-11(10(7-9)8-15)12(16)13-5-2-6-14/h3-4,7-8,14H,2,5-6H2,1H3,(H,13,16). The highest BCUT2D eigenvalue weighted by Crippen LogP contribution is 2.09. The van der Waals surface area contributed by atoms with Crippen LogP contribution in [0.15, 0.2) is 18.2 Å². The first kappa shape index (κ1) is 12.4. The van der Waals surface area contributed by atoms with E-state index in [2.05, 4.69) is 5.32 Å². The lowest BCUT2D eigenvalue weighted by atomic mass is 10.0. The van der Waals surface area contributed by atoms with E-state index in [9.17, 15) is 9.59 Å². The number of hydrogen-bond donors (Lipinski definition) is 2. The molecule has 0 saturated heterocycles. The van der Waals surface area contributed by atoms with Gasteiger partial charge in [0.05, 0.1) is 0 Å². The van der Waals surface area contributed by atoms with E-state index in [0.29, 0.717) is 30.4 Å². The fourth-order valence-electron chi connectivity index (χ4n) is 1.36. The summed E-state index contributed by atoms with van der Waals surface area (Å²) in [5.74, 6) is -0.282. The van der Waals surface area contributed by atoms with Crippen LogP contribution in [-0.2, 0) is 0 Å². The molecule has 0 unspecified atom stereocenters. The molecule has 16 heavy (non-hydrogen) atoms. The van der Waals surface area contributed by atoms with Crippen molar-refractivity contribution in [2.75, 3.05) is 13.2 Å². The average Bonchev–Trinajstić information content (AvgIpc) is 2.29. The first-order valence-corrected chi connectivity index (χ1v) is 5.14. The second-order valence-electron chi connectivity index (χ2n) is 3.54. The van der Waals surface area contributed by atoms with E-state index in [0.717, 1.165) is 5.56 Å². The highest BCUT2D eigenvalue weighted by atomic mass is 16.3. The van der Waals surface area contributed by atoms with Crippen LogP contribution in [0.2, 0.25) is 0 Å². The molecule has 0 fully saturated rings. The van der Waals surface area contributed by atoms with Crippen LogP contribution in [-0.4, -0.2) is 30.5 Å². The topological polar surface area (TPSA) is 66.4 Å². The number of benzene rings is 1. The maximum absolute atomic E-state index is 11.7. The van der Waals surface area contributed by atoms with Gasteiger partial charge < -0.3 is 10.4 Å². The maximum atomic E-state index is 11.7. The normalized spacial score (nSPS) is 9.88. The Labute approximate surface area is 94.3 Å². The van der Waals surface area contributed by atoms with Crippen LogP contribution in [0.4, 0.5) is 0 Å². The van der Waals surface area contributed by atoms with Crippen molar-refractivity contribution in [1.82, 2.24) is 5.32 Å². The third-order valence-electron chi connectivity index (χ3n) is 2.20. The number of aldehydes is 1. The fourth-order valence-corrected chi connectivity index (χ4v) is 1.36. The van der Waals surface area contributed by atoms with Crippen molar-refractivity contribution in [2.45, 2.75) is 13.3 Å². The monoisotopic (exact) mass is 221 g/mol. The third kappa shape index (κ3) is 3.17. The molecule has 1 aromatic carbocycles. The number of hydrogen-bond acceptors (Lipinski definition) is 3. The molecule has 0 aliphatic heterocycles. The van der Waals surface area contributed by atoms with E-state index < -0.39 is 0 Å². The van der Waals surface area contributed by atoms with E-state index in [-0.39, 0.29) is 12.5 Å². The molecule has 4 nitrogen and oxygen atoms in total. The molecule has 0 saturated carbocycles. The lowest BCUT2D eigenvalue weighted by Gasteiger charge is -2.06. The van der Waals surface area contributed by atoms with E-state index >= 15 is 0 Å². The number of aryl methyl sites for hydroxylation is 1. The zero-order valence-corrected chi connectivity index (χ0v) is 9.19. The van der Waals surface area contributed by atoms with E-state index in [1.165, 1.54) is 0 Å². The molecule has 1 rings (SSSR count). The molecule has 0 aliphatic carbocycles. The van der Waals surface area contributed by atoms with Crippen molar-refractivity contribution in [3.63, 3.8) is 0 Å². The molecule has 0 spiro atoms. The van der Waals surface area contributed by atoms with Gasteiger partial charge in [-0.1, -0.05) is 11.6 Å². The van der Waals surface area contributed by atoms with Gasteiger partial charge in [0, 0.05) is 24.3 Å². The molecule has 0 bridgehead atoms. The summed E-state index contributed by atoms with van der Waals surface area (Å²) in [6, 6.07) is 5.09. The number of aliphatic hydroxyl groups is 1. The lowest BCUT2D eigenvalue weighted by Crippen LogP contribution is -2.26. The minimum absolute atomic E-state index is 0.0364. The third-order valence-corrected chi connectivity index (χ3v) is 2.20. The SMILES string of the molecule is Cc1ccc(C(=O)NCCCO)c(C=O)c1. The van der Waals surface area contributed by atoms with Gasteiger partial charge in [-0.2, -0.15) is 0 Å². The summed E-state index contributed by atoms with van der Waals surface area (Å²) < 4.78 is 0. The van der Waals surface area contributed by atoms with Crippen molar-refractivity contribution >= 4 is 12.2 Å². The second-order valence-corrected chi connectivity index (χ2v) is 3.54. The molecule has 1 aromatic rings. The quantitative estimate of drug-likeness (QED) is 0.574. The zero-order chi connectivity index (χ0) is 12.0. The molecular formula is C12H15NO3. The van der Waals surface area contributed by atoms with Crippen molar-refractivity contribution in [3.8, 4) is 0 Å². The molecule has 0 aromatic heterocycles. The van der Waals surface area contributed by atoms with Gasteiger partial charge in [-0.15, -0.1) is 0 Å². The van der Waals surface area contributed by atoms with E-state index in [1.54, 1.807) is 18.2 Å². The van der Waals surface area contributed by atoms with Gasteiger partial charge in [-0.25, -0.2) is 0 Å². The van der Waals surface area contributed by atoms with Crippen LogP contribution in [0.25, 0.3) is 0 Å². The highest BCUT2D eigenvalue weighted by Gasteiger charge is 2.09. The van der Waals surface area contributed by atoms with Gasteiger partial charge in [0.25, 0.3) is 5.91 Å². The largest absolute Gasteiger partial charge is 0.396 e. The molecule has 2 N–H and O–H groups in total. The van der Waals surface area contributed by atoms with Gasteiger partial charge in [-0.3, -0.25) is 9.59 Å².